The molecule has 0 aromatic rings. The summed E-state index contributed by atoms with van der Waals surface area (Å²) in [5.41, 5.74) is 0. The Morgan fingerprint density at radius 3 is 1.93 bits per heavy atom. The van der Waals surface area contributed by atoms with E-state index in [0.717, 1.165) is 26.2 Å². The lowest BCUT2D eigenvalue weighted by Gasteiger charge is -2.25. The van der Waals surface area contributed by atoms with Crippen molar-refractivity contribution in [1.82, 2.24) is 10.2 Å². The van der Waals surface area contributed by atoms with Crippen LogP contribution in [0.3, 0.4) is 0 Å². The van der Waals surface area contributed by atoms with E-state index in [1.54, 1.807) is 4.90 Å². The van der Waals surface area contributed by atoms with Crippen LogP contribution in [0.2, 0.25) is 0 Å². The number of hydrogen-bond donors (Lipinski definition) is 1. The van der Waals surface area contributed by atoms with Gasteiger partial charge in [-0.2, -0.15) is 0 Å². The highest BCUT2D eigenvalue weighted by Gasteiger charge is 2.15. The summed E-state index contributed by atoms with van der Waals surface area (Å²) in [5.74, 6) is 0. The molecule has 0 saturated carbocycles. The average Bonchev–Trinajstić information content (AvgIpc) is 2.34. The minimum atomic E-state index is -0.221. The average molecular weight is 204 g/mol. The summed E-state index contributed by atoms with van der Waals surface area (Å²) in [6, 6.07) is 0. The second kappa shape index (κ2) is 12.2. The van der Waals surface area contributed by atoms with E-state index in [9.17, 15) is 4.79 Å². The molecule has 4 heteroatoms. The molecule has 1 N–H and O–H groups in total. The topological polar surface area (TPSA) is 41.6 Å². The summed E-state index contributed by atoms with van der Waals surface area (Å²) in [5, 5.41) is 3.14. The summed E-state index contributed by atoms with van der Waals surface area (Å²) in [6.07, 6.45) is -0.221. The van der Waals surface area contributed by atoms with Crippen LogP contribution in [0.4, 0.5) is 4.79 Å². The van der Waals surface area contributed by atoms with Gasteiger partial charge in [0, 0.05) is 26.2 Å². The smallest absolute Gasteiger partial charge is 0.409 e. The van der Waals surface area contributed by atoms with Crippen LogP contribution in [-0.2, 0) is 4.74 Å². The lowest BCUT2D eigenvalue weighted by atomic mass is 10.4. The normalized spacial score (nSPS) is 14.2. The first-order valence-corrected chi connectivity index (χ1v) is 5.38. The number of rotatable bonds is 0. The van der Waals surface area contributed by atoms with Gasteiger partial charge in [-0.15, -0.1) is 0 Å². The first-order valence-electron chi connectivity index (χ1n) is 5.38. The zero-order valence-corrected chi connectivity index (χ0v) is 10.1. The van der Waals surface area contributed by atoms with Gasteiger partial charge in [-0.3, -0.25) is 0 Å². The summed E-state index contributed by atoms with van der Waals surface area (Å²) in [6.45, 7) is 11.3. The van der Waals surface area contributed by atoms with Gasteiger partial charge in [0.25, 0.3) is 0 Å². The highest BCUT2D eigenvalue weighted by Crippen LogP contribution is 1.94. The van der Waals surface area contributed by atoms with E-state index in [0.29, 0.717) is 0 Å². The molecular formula is C10H24N2O2. The Bertz CT molecular complexity index is 123. The lowest BCUT2D eigenvalue weighted by Crippen LogP contribution is -2.46. The van der Waals surface area contributed by atoms with E-state index >= 15 is 0 Å². The maximum absolute atomic E-state index is 10.8. The molecule has 0 aromatic carbocycles. The predicted molar refractivity (Wildman–Crippen MR) is 59.5 cm³/mol. The standard InChI is InChI=1S/C6H12N2O2.2C2H6/c1-10-6(9)8-4-2-7-3-5-8;2*1-2/h7H,2-5H2,1H3;2*1-2H3. The zero-order chi connectivity index (χ0) is 11.4. The molecule has 1 rings (SSSR count). The van der Waals surface area contributed by atoms with Crippen LogP contribution in [0.5, 0.6) is 0 Å². The minimum absolute atomic E-state index is 0.221. The summed E-state index contributed by atoms with van der Waals surface area (Å²) < 4.78 is 4.55. The van der Waals surface area contributed by atoms with Crippen molar-refractivity contribution < 1.29 is 9.53 Å². The number of nitrogens with zero attached hydrogens (tertiary/aromatic N) is 1. The second-order valence-electron chi connectivity index (χ2n) is 2.21. The van der Waals surface area contributed by atoms with E-state index in [1.807, 2.05) is 27.7 Å². The Morgan fingerprint density at radius 2 is 1.57 bits per heavy atom. The number of methoxy groups -OCH3 is 1. The van der Waals surface area contributed by atoms with Crippen LogP contribution in [0, 0.1) is 0 Å². The molecule has 1 aliphatic heterocycles. The maximum Gasteiger partial charge on any atom is 0.409 e. The number of amides is 1. The fourth-order valence-corrected chi connectivity index (χ4v) is 0.977. The molecule has 0 spiro atoms. The summed E-state index contributed by atoms with van der Waals surface area (Å²) in [4.78, 5) is 12.5. The monoisotopic (exact) mass is 204 g/mol. The Hall–Kier alpha value is -0.770. The quantitative estimate of drug-likeness (QED) is 0.653. The number of carbonyl (C=O) groups is 1. The molecule has 1 saturated heterocycles. The van der Waals surface area contributed by atoms with Gasteiger partial charge in [0.05, 0.1) is 7.11 Å². The number of nitrogens with one attached hydrogen (secondary N) is 1. The molecule has 0 aliphatic carbocycles. The predicted octanol–water partition coefficient (Wildman–Crippen LogP) is 1.71. The number of piperazine rings is 1. The van der Waals surface area contributed by atoms with Gasteiger partial charge in [0.15, 0.2) is 0 Å². The maximum atomic E-state index is 10.8. The van der Waals surface area contributed by atoms with Crippen molar-refractivity contribution in [1.29, 1.82) is 0 Å². The molecular weight excluding hydrogens is 180 g/mol. The van der Waals surface area contributed by atoms with Crippen LogP contribution in [0.1, 0.15) is 27.7 Å². The molecule has 4 nitrogen and oxygen atoms in total. The molecule has 0 unspecified atom stereocenters. The van der Waals surface area contributed by atoms with Crippen molar-refractivity contribution in [2.75, 3.05) is 33.3 Å². The van der Waals surface area contributed by atoms with Gasteiger partial charge >= 0.3 is 6.09 Å². The van der Waals surface area contributed by atoms with Crippen molar-refractivity contribution in [2.24, 2.45) is 0 Å². The fourth-order valence-electron chi connectivity index (χ4n) is 0.977. The first kappa shape index (κ1) is 15.7. The molecule has 1 fully saturated rings. The van der Waals surface area contributed by atoms with Crippen LogP contribution in [0.15, 0.2) is 0 Å². The largest absolute Gasteiger partial charge is 0.453 e. The Kier molecular flexibility index (Phi) is 13.7. The van der Waals surface area contributed by atoms with E-state index in [4.69, 9.17) is 0 Å². The Morgan fingerprint density at radius 1 is 1.14 bits per heavy atom. The SMILES string of the molecule is CC.CC.COC(=O)N1CCNCC1. The number of carbonyl (C=O) groups excluding carboxylic acids is 1. The Labute approximate surface area is 87.6 Å². The molecule has 1 aliphatic rings. The van der Waals surface area contributed by atoms with Gasteiger partial charge in [-0.1, -0.05) is 27.7 Å². The number of hydrogen-bond acceptors (Lipinski definition) is 3. The van der Waals surface area contributed by atoms with Crippen LogP contribution in [0.25, 0.3) is 0 Å². The lowest BCUT2D eigenvalue weighted by molar-refractivity contribution is 0.118. The first-order chi connectivity index (χ1) is 6.84. The molecule has 0 aromatic heterocycles. The highest BCUT2D eigenvalue weighted by atomic mass is 16.5. The fraction of sp³-hybridized carbons (Fsp3) is 0.900. The summed E-state index contributed by atoms with van der Waals surface area (Å²) >= 11 is 0. The van der Waals surface area contributed by atoms with Crippen LogP contribution >= 0.6 is 0 Å². The molecule has 1 amide bonds. The van der Waals surface area contributed by atoms with Crippen molar-refractivity contribution in [3.63, 3.8) is 0 Å². The summed E-state index contributed by atoms with van der Waals surface area (Å²) in [7, 11) is 1.41. The second-order valence-corrected chi connectivity index (χ2v) is 2.21. The third-order valence-corrected chi connectivity index (χ3v) is 1.55. The van der Waals surface area contributed by atoms with Crippen molar-refractivity contribution >= 4 is 6.09 Å². The van der Waals surface area contributed by atoms with Gasteiger partial charge < -0.3 is 15.0 Å². The molecule has 86 valence electrons. The third-order valence-electron chi connectivity index (χ3n) is 1.55. The number of ether oxygens (including phenoxy) is 1. The zero-order valence-electron chi connectivity index (χ0n) is 10.1. The highest BCUT2D eigenvalue weighted by molar-refractivity contribution is 5.67. The molecule has 14 heavy (non-hydrogen) atoms. The third kappa shape index (κ3) is 6.71. The molecule has 0 atom stereocenters. The van der Waals surface area contributed by atoms with Gasteiger partial charge in [0.2, 0.25) is 0 Å². The van der Waals surface area contributed by atoms with Crippen molar-refractivity contribution in [3.8, 4) is 0 Å². The van der Waals surface area contributed by atoms with Gasteiger partial charge in [0.1, 0.15) is 0 Å². The van der Waals surface area contributed by atoms with E-state index < -0.39 is 0 Å². The molecule has 0 radical (unpaired) electrons. The van der Waals surface area contributed by atoms with Crippen molar-refractivity contribution in [2.45, 2.75) is 27.7 Å². The van der Waals surface area contributed by atoms with Gasteiger partial charge in [-0.25, -0.2) is 4.79 Å². The van der Waals surface area contributed by atoms with Crippen LogP contribution in [-0.4, -0.2) is 44.3 Å². The molecule has 0 bridgehead atoms. The van der Waals surface area contributed by atoms with Crippen LogP contribution < -0.4 is 5.32 Å². The Balaban J connectivity index is 0. The van der Waals surface area contributed by atoms with Crippen molar-refractivity contribution in [3.05, 3.63) is 0 Å². The van der Waals surface area contributed by atoms with E-state index in [-0.39, 0.29) is 6.09 Å². The molecule has 1 heterocycles. The van der Waals surface area contributed by atoms with E-state index in [1.165, 1.54) is 7.11 Å². The van der Waals surface area contributed by atoms with Gasteiger partial charge in [-0.05, 0) is 0 Å². The van der Waals surface area contributed by atoms with E-state index in [2.05, 4.69) is 10.1 Å². The minimum Gasteiger partial charge on any atom is -0.453 e.